The van der Waals surface area contributed by atoms with Gasteiger partial charge in [-0.2, -0.15) is 5.26 Å². The fraction of sp³-hybridized carbons (Fsp3) is 0.0526. The zero-order chi connectivity index (χ0) is 37.3. The molecule has 258 valence electrons. The molecule has 2 N–H and O–H groups in total. The molecule has 0 saturated carbocycles. The number of nitrogens with one attached hydrogen (secondary N) is 1. The van der Waals surface area contributed by atoms with Crippen LogP contribution < -0.4 is 5.32 Å². The number of rotatable bonds is 9. The highest BCUT2D eigenvalue weighted by molar-refractivity contribution is 7.90. The molecule has 0 aliphatic carbocycles. The summed E-state index contributed by atoms with van der Waals surface area (Å²) < 4.78 is 72.1. The van der Waals surface area contributed by atoms with Crippen molar-refractivity contribution in [2.24, 2.45) is 0 Å². The minimum atomic E-state index is -4.66. The van der Waals surface area contributed by atoms with E-state index in [4.69, 9.17) is 23.3 Å². The van der Waals surface area contributed by atoms with Crippen molar-refractivity contribution in [3.8, 4) is 39.6 Å². The quantitative estimate of drug-likeness (QED) is 0.142. The van der Waals surface area contributed by atoms with Crippen LogP contribution in [0.4, 0.5) is 18.9 Å². The molecule has 0 aliphatic rings. The number of carbonyl (C=O) groups is 2. The highest BCUT2D eigenvalue weighted by atomic mass is 35.5. The lowest BCUT2D eigenvalue weighted by atomic mass is 9.92. The molecule has 0 spiro atoms. The number of hydrogen-bond acceptors (Lipinski definition) is 5. The van der Waals surface area contributed by atoms with Crippen LogP contribution in [0.1, 0.15) is 27.9 Å². The van der Waals surface area contributed by atoms with Gasteiger partial charge in [0.15, 0.2) is 5.69 Å². The summed E-state index contributed by atoms with van der Waals surface area (Å²) in [5.41, 5.74) is 0.753. The Bertz CT molecular complexity index is 2600. The summed E-state index contributed by atoms with van der Waals surface area (Å²) >= 11 is 6.61. The van der Waals surface area contributed by atoms with Gasteiger partial charge in [0.2, 0.25) is 0 Å². The van der Waals surface area contributed by atoms with Gasteiger partial charge in [-0.3, -0.25) is 9.59 Å². The first-order valence-electron chi connectivity index (χ1n) is 15.1. The van der Waals surface area contributed by atoms with Crippen molar-refractivity contribution >= 4 is 50.1 Å². The molecule has 1 amide bonds. The molecule has 6 rings (SSSR count). The van der Waals surface area contributed by atoms with E-state index in [0.29, 0.717) is 11.1 Å². The third-order valence-electron chi connectivity index (χ3n) is 8.17. The lowest BCUT2D eigenvalue weighted by Gasteiger charge is -2.16. The summed E-state index contributed by atoms with van der Waals surface area (Å²) in [6.07, 6.45) is -2.86. The Balaban J connectivity index is 1.67. The van der Waals surface area contributed by atoms with Gasteiger partial charge >= 0.3 is 5.97 Å². The number of nitriles is 1. The number of fused-ring (bicyclic) bond motifs is 1. The van der Waals surface area contributed by atoms with Crippen molar-refractivity contribution in [2.45, 2.75) is 11.3 Å². The summed E-state index contributed by atoms with van der Waals surface area (Å²) in [6, 6.07) is 24.5. The number of nitrogens with zero attached hydrogens (tertiary/aromatic N) is 3. The van der Waals surface area contributed by atoms with Gasteiger partial charge in [-0.25, -0.2) is 30.4 Å². The molecule has 1 aromatic heterocycles. The third-order valence-corrected chi connectivity index (χ3v) is 10.2. The predicted molar refractivity (Wildman–Crippen MR) is 188 cm³/mol. The van der Waals surface area contributed by atoms with E-state index in [9.17, 15) is 32.0 Å². The average molecular weight is 739 g/mol. The zero-order valence-electron chi connectivity index (χ0n) is 26.4. The minimum absolute atomic E-state index is 0.00714. The van der Waals surface area contributed by atoms with E-state index in [-0.39, 0.29) is 60.0 Å². The number of aromatic nitrogens is 1. The van der Waals surface area contributed by atoms with Crippen LogP contribution in [-0.2, 0) is 14.8 Å². The van der Waals surface area contributed by atoms with Gasteiger partial charge in [0.05, 0.1) is 28.7 Å². The second-order valence-electron chi connectivity index (χ2n) is 11.3. The van der Waals surface area contributed by atoms with Gasteiger partial charge < -0.3 is 10.4 Å². The lowest BCUT2D eigenvalue weighted by molar-refractivity contribution is -0.135. The SMILES string of the molecule is [C-]#[N+]c1cccc(C#N)c1-c1c(-c2cccc(-c3ccc(C(=O)NCC(=O)O)cc3Cl)c2)n(S(=O)(=O)c2ccc(C(F)F)cc2)c2ccc(F)cc12. The van der Waals surface area contributed by atoms with Crippen molar-refractivity contribution in [1.29, 1.82) is 5.26 Å². The molecule has 0 radical (unpaired) electrons. The van der Waals surface area contributed by atoms with Crippen molar-refractivity contribution in [3.63, 3.8) is 0 Å². The van der Waals surface area contributed by atoms with Crippen LogP contribution in [0.2, 0.25) is 5.02 Å². The van der Waals surface area contributed by atoms with Gasteiger partial charge in [-0.1, -0.05) is 60.1 Å². The molecule has 1 heterocycles. The fourth-order valence-corrected chi connectivity index (χ4v) is 7.70. The van der Waals surface area contributed by atoms with E-state index in [1.165, 1.54) is 42.5 Å². The summed E-state index contributed by atoms with van der Waals surface area (Å²) in [5.74, 6) is -2.65. The highest BCUT2D eigenvalue weighted by Crippen LogP contribution is 2.48. The number of benzene rings is 5. The molecule has 0 bridgehead atoms. The van der Waals surface area contributed by atoms with Gasteiger partial charge in [0, 0.05) is 49.4 Å². The van der Waals surface area contributed by atoms with Gasteiger partial charge in [-0.15, -0.1) is 0 Å². The van der Waals surface area contributed by atoms with Crippen LogP contribution in [0.5, 0.6) is 0 Å². The molecule has 0 unspecified atom stereocenters. The Hall–Kier alpha value is -6.41. The van der Waals surface area contributed by atoms with Crippen LogP contribution in [0.15, 0.2) is 108 Å². The molecule has 0 atom stereocenters. The van der Waals surface area contributed by atoms with Crippen LogP contribution in [-0.4, -0.2) is 35.9 Å². The van der Waals surface area contributed by atoms with Crippen molar-refractivity contribution < 1.29 is 36.3 Å². The van der Waals surface area contributed by atoms with Gasteiger partial charge in [0.25, 0.3) is 22.4 Å². The normalized spacial score (nSPS) is 11.3. The molecule has 6 aromatic rings. The smallest absolute Gasteiger partial charge is 0.322 e. The first-order chi connectivity index (χ1) is 24.8. The van der Waals surface area contributed by atoms with Crippen LogP contribution >= 0.6 is 11.6 Å². The maximum atomic E-state index is 15.1. The van der Waals surface area contributed by atoms with Gasteiger partial charge in [-0.05, 0) is 60.2 Å². The monoisotopic (exact) mass is 738 g/mol. The number of carboxylic acid groups (broad SMARTS) is 1. The highest BCUT2D eigenvalue weighted by Gasteiger charge is 2.31. The number of hydrogen-bond donors (Lipinski definition) is 2. The molecular weight excluding hydrogens is 717 g/mol. The first-order valence-corrected chi connectivity index (χ1v) is 17.0. The number of halogens is 4. The Morgan fingerprint density at radius 1 is 0.942 bits per heavy atom. The van der Waals surface area contributed by atoms with E-state index < -0.39 is 46.3 Å². The predicted octanol–water partition coefficient (Wildman–Crippen LogP) is 8.85. The zero-order valence-corrected chi connectivity index (χ0v) is 28.0. The Labute approximate surface area is 299 Å². The summed E-state index contributed by atoms with van der Waals surface area (Å²) in [4.78, 5) is 26.6. The van der Waals surface area contributed by atoms with Crippen molar-refractivity contribution in [3.05, 3.63) is 142 Å². The minimum Gasteiger partial charge on any atom is -0.480 e. The van der Waals surface area contributed by atoms with E-state index >= 15 is 4.39 Å². The third kappa shape index (κ3) is 6.47. The first kappa shape index (κ1) is 35.4. The number of carbonyl (C=O) groups excluding carboxylic acids is 1. The topological polar surface area (TPSA) is 134 Å². The van der Waals surface area contributed by atoms with Gasteiger partial charge in [0.1, 0.15) is 12.4 Å². The van der Waals surface area contributed by atoms with Crippen LogP contribution in [0.25, 0.3) is 49.3 Å². The van der Waals surface area contributed by atoms with Crippen molar-refractivity contribution in [2.75, 3.05) is 6.54 Å². The molecule has 0 aliphatic heterocycles. The molecule has 14 heteroatoms. The second-order valence-corrected chi connectivity index (χ2v) is 13.5. The molecule has 52 heavy (non-hydrogen) atoms. The lowest BCUT2D eigenvalue weighted by Crippen LogP contribution is -2.29. The number of alkyl halides is 2. The van der Waals surface area contributed by atoms with Crippen molar-refractivity contribution in [1.82, 2.24) is 9.29 Å². The van der Waals surface area contributed by atoms with E-state index in [1.54, 1.807) is 24.3 Å². The fourth-order valence-electron chi connectivity index (χ4n) is 5.86. The van der Waals surface area contributed by atoms with Crippen LogP contribution in [0, 0.1) is 23.7 Å². The number of carboxylic acids is 1. The Morgan fingerprint density at radius 2 is 1.65 bits per heavy atom. The summed E-state index contributed by atoms with van der Waals surface area (Å²) in [5, 5.41) is 21.5. The van der Waals surface area contributed by atoms with E-state index in [2.05, 4.69) is 10.2 Å². The number of amides is 1. The maximum absolute atomic E-state index is 15.1. The van der Waals surface area contributed by atoms with E-state index in [0.717, 1.165) is 40.4 Å². The number of aliphatic carboxylic acids is 1. The molecular formula is C38H22ClF3N4O5S. The average Bonchev–Trinajstić information content (AvgIpc) is 3.48. The summed E-state index contributed by atoms with van der Waals surface area (Å²) in [6.45, 7) is 7.29. The molecule has 5 aromatic carbocycles. The molecule has 0 saturated heterocycles. The van der Waals surface area contributed by atoms with E-state index in [1.807, 2.05) is 6.07 Å². The Kier molecular flexibility index (Phi) is 9.59. The maximum Gasteiger partial charge on any atom is 0.322 e. The standard InChI is InChI=1S/C38H22ClF3N4O5S/c1-44-31-7-3-6-25(19-43)34(31)35-29-18-26(40)11-15-32(29)46(52(50,51)27-12-8-21(9-13-27)37(41)42)36(35)23-5-2-4-22(16-23)28-14-10-24(17-30(28)39)38(49)45-20-33(47)48/h2-18,37H,20H2,(H,45,49)(H,47,48). The Morgan fingerprint density at radius 3 is 2.31 bits per heavy atom. The molecule has 9 nitrogen and oxygen atoms in total. The second kappa shape index (κ2) is 14.1. The molecule has 0 fully saturated rings. The largest absolute Gasteiger partial charge is 0.480 e. The summed E-state index contributed by atoms with van der Waals surface area (Å²) in [7, 11) is -4.66. The van der Waals surface area contributed by atoms with Crippen LogP contribution in [0.3, 0.4) is 0 Å².